The Balaban J connectivity index is 1.74. The zero-order valence-corrected chi connectivity index (χ0v) is 12.7. The molecule has 1 amide bonds. The fraction of sp³-hybridized carbons (Fsp3) is 0.438. The molecule has 1 aliphatic rings. The van der Waals surface area contributed by atoms with Crippen LogP contribution in [0.4, 0.5) is 0 Å². The van der Waals surface area contributed by atoms with Crippen molar-refractivity contribution in [2.45, 2.75) is 38.6 Å². The molecule has 0 saturated carbocycles. The summed E-state index contributed by atoms with van der Waals surface area (Å²) in [6.45, 7) is 4.43. The minimum Gasteiger partial charge on any atom is -0.465 e. The van der Waals surface area contributed by atoms with Crippen LogP contribution in [-0.2, 0) is 4.79 Å². The van der Waals surface area contributed by atoms with E-state index in [1.165, 1.54) is 0 Å². The number of hydrogen-bond donors (Lipinski definition) is 0. The molecule has 0 aliphatic carbocycles. The first-order chi connectivity index (χ1) is 10.6. The van der Waals surface area contributed by atoms with Gasteiger partial charge in [-0.25, -0.2) is 0 Å². The van der Waals surface area contributed by atoms with Gasteiger partial charge in [0, 0.05) is 25.6 Å². The number of piperidine rings is 1. The molecule has 1 aliphatic heterocycles. The predicted octanol–water partition coefficient (Wildman–Crippen LogP) is 2.95. The third kappa shape index (κ3) is 2.95. The van der Waals surface area contributed by atoms with E-state index in [1.807, 2.05) is 24.0 Å². The summed E-state index contributed by atoms with van der Waals surface area (Å²) in [6.07, 6.45) is 7.02. The van der Waals surface area contributed by atoms with Crippen LogP contribution in [0.15, 0.2) is 27.2 Å². The van der Waals surface area contributed by atoms with Crippen LogP contribution in [0.3, 0.4) is 0 Å². The summed E-state index contributed by atoms with van der Waals surface area (Å²) in [5, 5.41) is 8.19. The van der Waals surface area contributed by atoms with Crippen molar-refractivity contribution in [1.29, 1.82) is 0 Å². The zero-order chi connectivity index (χ0) is 15.5. The van der Waals surface area contributed by atoms with Crippen LogP contribution in [0, 0.1) is 0 Å². The van der Waals surface area contributed by atoms with Crippen LogP contribution in [0.2, 0.25) is 0 Å². The molecule has 0 radical (unpaired) electrons. The third-order valence-electron chi connectivity index (χ3n) is 4.10. The first-order valence-corrected chi connectivity index (χ1v) is 7.47. The average molecular weight is 301 g/mol. The maximum atomic E-state index is 11.7. The van der Waals surface area contributed by atoms with Crippen molar-refractivity contribution < 1.29 is 13.6 Å². The van der Waals surface area contributed by atoms with Crippen molar-refractivity contribution in [3.63, 3.8) is 0 Å². The Hall–Kier alpha value is -2.37. The van der Waals surface area contributed by atoms with Crippen molar-refractivity contribution in [3.8, 4) is 0 Å². The topological polar surface area (TPSA) is 72.4 Å². The second-order valence-electron chi connectivity index (χ2n) is 5.53. The molecule has 2 atom stereocenters. The molecule has 0 N–H and O–H groups in total. The van der Waals surface area contributed by atoms with Crippen LogP contribution in [0.25, 0.3) is 12.2 Å². The van der Waals surface area contributed by atoms with Crippen LogP contribution in [0.1, 0.15) is 50.1 Å². The Morgan fingerprint density at radius 1 is 1.41 bits per heavy atom. The van der Waals surface area contributed by atoms with E-state index >= 15 is 0 Å². The molecule has 1 saturated heterocycles. The molecule has 2 aromatic heterocycles. The van der Waals surface area contributed by atoms with Gasteiger partial charge in [-0.05, 0) is 38.0 Å². The first-order valence-electron chi connectivity index (χ1n) is 7.47. The second-order valence-corrected chi connectivity index (χ2v) is 5.53. The van der Waals surface area contributed by atoms with Gasteiger partial charge in [0.1, 0.15) is 5.76 Å². The van der Waals surface area contributed by atoms with Gasteiger partial charge in [0.2, 0.25) is 17.7 Å². The van der Waals surface area contributed by atoms with E-state index in [9.17, 15) is 4.79 Å². The van der Waals surface area contributed by atoms with Gasteiger partial charge in [0.25, 0.3) is 0 Å². The summed E-state index contributed by atoms with van der Waals surface area (Å²) in [6, 6.07) is 3.74. The molecule has 22 heavy (non-hydrogen) atoms. The molecule has 6 nitrogen and oxygen atoms in total. The SMILES string of the molecule is CC(=O)N1CCC[C@H](c2nnc(/C=C/c3ccco3)o2)[C@@H]1C. The molecule has 3 rings (SSSR count). The van der Waals surface area contributed by atoms with E-state index in [-0.39, 0.29) is 17.9 Å². The zero-order valence-electron chi connectivity index (χ0n) is 12.7. The number of amides is 1. The van der Waals surface area contributed by atoms with E-state index < -0.39 is 0 Å². The molecule has 1 fully saturated rings. The molecule has 2 aromatic rings. The Morgan fingerprint density at radius 2 is 2.27 bits per heavy atom. The lowest BCUT2D eigenvalue weighted by Gasteiger charge is -2.37. The van der Waals surface area contributed by atoms with E-state index in [2.05, 4.69) is 10.2 Å². The van der Waals surface area contributed by atoms with E-state index in [1.54, 1.807) is 25.3 Å². The smallest absolute Gasteiger partial charge is 0.240 e. The van der Waals surface area contributed by atoms with Gasteiger partial charge in [-0.3, -0.25) is 4.79 Å². The first kappa shape index (κ1) is 14.6. The highest BCUT2D eigenvalue weighted by molar-refractivity contribution is 5.73. The Bertz CT molecular complexity index is 660. The Morgan fingerprint density at radius 3 is 3.00 bits per heavy atom. The molecule has 116 valence electrons. The van der Waals surface area contributed by atoms with Gasteiger partial charge in [0.05, 0.1) is 12.2 Å². The molecule has 0 unspecified atom stereocenters. The van der Waals surface area contributed by atoms with Crippen molar-refractivity contribution >= 4 is 18.1 Å². The highest BCUT2D eigenvalue weighted by atomic mass is 16.4. The lowest BCUT2D eigenvalue weighted by atomic mass is 9.90. The van der Waals surface area contributed by atoms with Crippen molar-refractivity contribution in [2.75, 3.05) is 6.54 Å². The van der Waals surface area contributed by atoms with Crippen molar-refractivity contribution in [2.24, 2.45) is 0 Å². The van der Waals surface area contributed by atoms with Gasteiger partial charge in [-0.1, -0.05) is 0 Å². The number of aromatic nitrogens is 2. The van der Waals surface area contributed by atoms with Crippen LogP contribution in [0.5, 0.6) is 0 Å². The lowest BCUT2D eigenvalue weighted by Crippen LogP contribution is -2.44. The van der Waals surface area contributed by atoms with E-state index in [0.29, 0.717) is 11.8 Å². The highest BCUT2D eigenvalue weighted by Gasteiger charge is 2.33. The van der Waals surface area contributed by atoms with Gasteiger partial charge in [-0.2, -0.15) is 0 Å². The maximum Gasteiger partial charge on any atom is 0.240 e. The van der Waals surface area contributed by atoms with Crippen LogP contribution < -0.4 is 0 Å². The monoisotopic (exact) mass is 301 g/mol. The molecular weight excluding hydrogens is 282 g/mol. The summed E-state index contributed by atoms with van der Waals surface area (Å²) in [4.78, 5) is 13.5. The molecule has 3 heterocycles. The number of rotatable bonds is 3. The molecule has 0 spiro atoms. The number of hydrogen-bond acceptors (Lipinski definition) is 5. The number of furan rings is 1. The number of carbonyl (C=O) groups is 1. The molecule has 0 bridgehead atoms. The van der Waals surface area contributed by atoms with Gasteiger partial charge >= 0.3 is 0 Å². The Kier molecular flexibility index (Phi) is 4.09. The standard InChI is InChI=1S/C16H19N3O3/c1-11-14(6-3-9-19(11)12(2)20)16-18-17-15(22-16)8-7-13-5-4-10-21-13/h4-5,7-8,10-11,14H,3,6,9H2,1-2H3/b8-7+/t11-,14-/m0/s1. The fourth-order valence-electron chi connectivity index (χ4n) is 2.92. The Labute approximate surface area is 128 Å². The number of nitrogens with zero attached hydrogens (tertiary/aromatic N) is 3. The summed E-state index contributed by atoms with van der Waals surface area (Å²) in [7, 11) is 0. The number of carbonyl (C=O) groups excluding carboxylic acids is 1. The van der Waals surface area contributed by atoms with E-state index in [0.717, 1.165) is 25.1 Å². The molecular formula is C16H19N3O3. The highest BCUT2D eigenvalue weighted by Crippen LogP contribution is 2.31. The van der Waals surface area contributed by atoms with Crippen molar-refractivity contribution in [1.82, 2.24) is 15.1 Å². The maximum absolute atomic E-state index is 11.7. The van der Waals surface area contributed by atoms with Gasteiger partial charge < -0.3 is 13.7 Å². The second kappa shape index (κ2) is 6.17. The fourth-order valence-corrected chi connectivity index (χ4v) is 2.92. The van der Waals surface area contributed by atoms with Crippen molar-refractivity contribution in [3.05, 3.63) is 35.9 Å². The average Bonchev–Trinajstić information content (AvgIpc) is 3.16. The molecule has 6 heteroatoms. The number of likely N-dealkylation sites (tertiary alicyclic amines) is 1. The summed E-state index contributed by atoms with van der Waals surface area (Å²) in [5.74, 6) is 1.95. The van der Waals surface area contributed by atoms with Gasteiger partial charge in [-0.15, -0.1) is 10.2 Å². The lowest BCUT2D eigenvalue weighted by molar-refractivity contribution is -0.132. The largest absolute Gasteiger partial charge is 0.465 e. The van der Waals surface area contributed by atoms with E-state index in [4.69, 9.17) is 8.83 Å². The minimum atomic E-state index is 0.0774. The van der Waals surface area contributed by atoms with Crippen LogP contribution in [-0.4, -0.2) is 33.6 Å². The molecule has 0 aromatic carbocycles. The minimum absolute atomic E-state index is 0.0774. The van der Waals surface area contributed by atoms with Gasteiger partial charge in [0.15, 0.2) is 0 Å². The normalized spacial score (nSPS) is 22.4. The summed E-state index contributed by atoms with van der Waals surface area (Å²) >= 11 is 0. The predicted molar refractivity (Wildman–Crippen MR) is 80.8 cm³/mol. The summed E-state index contributed by atoms with van der Waals surface area (Å²) in [5.41, 5.74) is 0. The quantitative estimate of drug-likeness (QED) is 0.871. The van der Waals surface area contributed by atoms with Crippen LogP contribution >= 0.6 is 0 Å². The summed E-state index contributed by atoms with van der Waals surface area (Å²) < 4.78 is 10.9. The third-order valence-corrected chi connectivity index (χ3v) is 4.10.